The molecule has 0 spiro atoms. The number of aromatic hydroxyl groups is 1. The average molecular weight is 226 g/mol. The Morgan fingerprint density at radius 1 is 0.824 bits per heavy atom. The third-order valence-corrected chi connectivity index (χ3v) is 3.14. The number of benzene rings is 2. The standard InChI is InChI=1S/C16H18O/c1-3-12-5-8-14(9-6-12)15-11-13(4-2)7-10-16(15)17/h5-11,17H,3-4H2,1-2H3. The quantitative estimate of drug-likeness (QED) is 0.832. The molecule has 17 heavy (non-hydrogen) atoms. The van der Waals surface area contributed by atoms with Gasteiger partial charge in [0, 0.05) is 5.56 Å². The summed E-state index contributed by atoms with van der Waals surface area (Å²) in [6.07, 6.45) is 2.03. The van der Waals surface area contributed by atoms with E-state index < -0.39 is 0 Å². The van der Waals surface area contributed by atoms with Crippen LogP contribution in [0.15, 0.2) is 42.5 Å². The van der Waals surface area contributed by atoms with E-state index in [-0.39, 0.29) is 0 Å². The monoisotopic (exact) mass is 226 g/mol. The fraction of sp³-hybridized carbons (Fsp3) is 0.250. The van der Waals surface area contributed by atoms with Gasteiger partial charge in [-0.15, -0.1) is 0 Å². The molecule has 0 bridgehead atoms. The molecular weight excluding hydrogens is 208 g/mol. The van der Waals surface area contributed by atoms with Crippen molar-refractivity contribution in [2.45, 2.75) is 26.7 Å². The van der Waals surface area contributed by atoms with Crippen LogP contribution in [-0.2, 0) is 12.8 Å². The van der Waals surface area contributed by atoms with E-state index in [1.165, 1.54) is 11.1 Å². The largest absolute Gasteiger partial charge is 0.507 e. The van der Waals surface area contributed by atoms with Crippen molar-refractivity contribution in [3.8, 4) is 16.9 Å². The number of phenols is 1. The Morgan fingerprint density at radius 3 is 2.00 bits per heavy atom. The topological polar surface area (TPSA) is 20.2 Å². The Bertz CT molecular complexity index is 497. The average Bonchev–Trinajstić information content (AvgIpc) is 2.39. The summed E-state index contributed by atoms with van der Waals surface area (Å²) >= 11 is 0. The normalized spacial score (nSPS) is 10.5. The lowest BCUT2D eigenvalue weighted by atomic mass is 9.99. The van der Waals surface area contributed by atoms with Crippen LogP contribution in [0.1, 0.15) is 25.0 Å². The summed E-state index contributed by atoms with van der Waals surface area (Å²) in [5.74, 6) is 0.353. The van der Waals surface area contributed by atoms with E-state index >= 15 is 0 Å². The third-order valence-electron chi connectivity index (χ3n) is 3.14. The molecule has 88 valence electrons. The highest BCUT2D eigenvalue weighted by Crippen LogP contribution is 2.30. The SMILES string of the molecule is CCc1ccc(-c2cc(CC)ccc2O)cc1. The first-order valence-corrected chi connectivity index (χ1v) is 6.15. The minimum atomic E-state index is 0.353. The van der Waals surface area contributed by atoms with Crippen LogP contribution in [-0.4, -0.2) is 5.11 Å². The molecule has 2 aromatic rings. The highest BCUT2D eigenvalue weighted by molar-refractivity contribution is 5.71. The predicted molar refractivity (Wildman–Crippen MR) is 72.3 cm³/mol. The first-order valence-electron chi connectivity index (χ1n) is 6.15. The van der Waals surface area contributed by atoms with E-state index in [0.29, 0.717) is 5.75 Å². The van der Waals surface area contributed by atoms with Gasteiger partial charge in [0.2, 0.25) is 0 Å². The molecule has 0 aromatic heterocycles. The molecule has 0 fully saturated rings. The maximum Gasteiger partial charge on any atom is 0.123 e. The van der Waals surface area contributed by atoms with Gasteiger partial charge in [0.05, 0.1) is 0 Å². The lowest BCUT2D eigenvalue weighted by Crippen LogP contribution is -1.85. The van der Waals surface area contributed by atoms with Gasteiger partial charge >= 0.3 is 0 Å². The van der Waals surface area contributed by atoms with Gasteiger partial charge in [0.15, 0.2) is 0 Å². The van der Waals surface area contributed by atoms with E-state index in [2.05, 4.69) is 44.2 Å². The highest BCUT2D eigenvalue weighted by Gasteiger charge is 2.04. The number of hydrogen-bond acceptors (Lipinski definition) is 1. The zero-order valence-corrected chi connectivity index (χ0v) is 10.4. The Hall–Kier alpha value is -1.76. The Morgan fingerprint density at radius 2 is 1.41 bits per heavy atom. The molecule has 0 saturated carbocycles. The number of rotatable bonds is 3. The number of phenolic OH excluding ortho intramolecular Hbond substituents is 1. The molecule has 2 aromatic carbocycles. The zero-order chi connectivity index (χ0) is 12.3. The molecule has 0 aliphatic heterocycles. The summed E-state index contributed by atoms with van der Waals surface area (Å²) in [6, 6.07) is 14.2. The zero-order valence-electron chi connectivity index (χ0n) is 10.4. The molecule has 0 atom stereocenters. The van der Waals surface area contributed by atoms with Crippen molar-refractivity contribution < 1.29 is 5.11 Å². The van der Waals surface area contributed by atoms with Crippen molar-refractivity contribution >= 4 is 0 Å². The van der Waals surface area contributed by atoms with Gasteiger partial charge in [0.25, 0.3) is 0 Å². The van der Waals surface area contributed by atoms with Crippen LogP contribution in [0.3, 0.4) is 0 Å². The minimum Gasteiger partial charge on any atom is -0.507 e. The highest BCUT2D eigenvalue weighted by atomic mass is 16.3. The van der Waals surface area contributed by atoms with Gasteiger partial charge in [-0.25, -0.2) is 0 Å². The van der Waals surface area contributed by atoms with Crippen molar-refractivity contribution in [3.05, 3.63) is 53.6 Å². The molecule has 0 saturated heterocycles. The lowest BCUT2D eigenvalue weighted by Gasteiger charge is -2.08. The second-order valence-corrected chi connectivity index (χ2v) is 4.26. The van der Waals surface area contributed by atoms with Gasteiger partial charge in [0.1, 0.15) is 5.75 Å². The summed E-state index contributed by atoms with van der Waals surface area (Å²) in [5, 5.41) is 9.91. The first kappa shape index (κ1) is 11.7. The maximum absolute atomic E-state index is 9.91. The summed E-state index contributed by atoms with van der Waals surface area (Å²) in [7, 11) is 0. The molecule has 2 rings (SSSR count). The van der Waals surface area contributed by atoms with Gasteiger partial charge in [-0.1, -0.05) is 44.2 Å². The number of aryl methyl sites for hydroxylation is 2. The Labute approximate surface area is 103 Å². The van der Waals surface area contributed by atoms with Gasteiger partial charge in [-0.3, -0.25) is 0 Å². The second kappa shape index (κ2) is 5.05. The Kier molecular flexibility index (Phi) is 3.48. The van der Waals surface area contributed by atoms with E-state index in [1.807, 2.05) is 6.07 Å². The fourth-order valence-corrected chi connectivity index (χ4v) is 1.95. The molecule has 1 heteroatoms. The number of hydrogen-bond donors (Lipinski definition) is 1. The van der Waals surface area contributed by atoms with Crippen molar-refractivity contribution in [1.82, 2.24) is 0 Å². The Balaban J connectivity index is 2.43. The molecule has 1 N–H and O–H groups in total. The van der Waals surface area contributed by atoms with Crippen LogP contribution in [0.4, 0.5) is 0 Å². The summed E-state index contributed by atoms with van der Waals surface area (Å²) < 4.78 is 0. The van der Waals surface area contributed by atoms with E-state index in [4.69, 9.17) is 0 Å². The third kappa shape index (κ3) is 2.50. The smallest absolute Gasteiger partial charge is 0.123 e. The van der Waals surface area contributed by atoms with E-state index in [1.54, 1.807) is 6.07 Å². The summed E-state index contributed by atoms with van der Waals surface area (Å²) in [6.45, 7) is 4.26. The van der Waals surface area contributed by atoms with Crippen LogP contribution in [0.5, 0.6) is 5.75 Å². The summed E-state index contributed by atoms with van der Waals surface area (Å²) in [5.41, 5.74) is 4.57. The van der Waals surface area contributed by atoms with Crippen molar-refractivity contribution in [3.63, 3.8) is 0 Å². The molecule has 0 radical (unpaired) electrons. The fourth-order valence-electron chi connectivity index (χ4n) is 1.95. The van der Waals surface area contributed by atoms with Gasteiger partial charge < -0.3 is 5.11 Å². The first-order chi connectivity index (χ1) is 8.24. The van der Waals surface area contributed by atoms with Crippen LogP contribution in [0.25, 0.3) is 11.1 Å². The molecule has 0 aliphatic carbocycles. The molecule has 0 aliphatic rings. The second-order valence-electron chi connectivity index (χ2n) is 4.26. The van der Waals surface area contributed by atoms with Crippen LogP contribution >= 0.6 is 0 Å². The van der Waals surface area contributed by atoms with Crippen LogP contribution in [0, 0.1) is 0 Å². The summed E-state index contributed by atoms with van der Waals surface area (Å²) in [4.78, 5) is 0. The molecule has 0 heterocycles. The minimum absolute atomic E-state index is 0.353. The van der Waals surface area contributed by atoms with Crippen LogP contribution in [0.2, 0.25) is 0 Å². The van der Waals surface area contributed by atoms with Gasteiger partial charge in [-0.05, 0) is 41.7 Å². The van der Waals surface area contributed by atoms with Gasteiger partial charge in [-0.2, -0.15) is 0 Å². The molecule has 0 unspecified atom stereocenters. The van der Waals surface area contributed by atoms with Crippen molar-refractivity contribution in [1.29, 1.82) is 0 Å². The van der Waals surface area contributed by atoms with E-state index in [0.717, 1.165) is 24.0 Å². The molecular formula is C16H18O. The lowest BCUT2D eigenvalue weighted by molar-refractivity contribution is 0.477. The van der Waals surface area contributed by atoms with Crippen molar-refractivity contribution in [2.24, 2.45) is 0 Å². The predicted octanol–water partition coefficient (Wildman–Crippen LogP) is 4.18. The molecule has 0 amide bonds. The van der Waals surface area contributed by atoms with Crippen molar-refractivity contribution in [2.75, 3.05) is 0 Å². The van der Waals surface area contributed by atoms with Crippen LogP contribution < -0.4 is 0 Å². The van der Waals surface area contributed by atoms with E-state index in [9.17, 15) is 5.11 Å². The maximum atomic E-state index is 9.91. The molecule has 1 nitrogen and oxygen atoms in total.